The number of rotatable bonds is 4. The van der Waals surface area contributed by atoms with Gasteiger partial charge in [0.2, 0.25) is 0 Å². The smallest absolute Gasteiger partial charge is 0.139 e. The van der Waals surface area contributed by atoms with Gasteiger partial charge in [-0.05, 0) is 40.4 Å². The number of H-pyrrole nitrogens is 1. The van der Waals surface area contributed by atoms with E-state index < -0.39 is 0 Å². The van der Waals surface area contributed by atoms with Crippen LogP contribution in [-0.4, -0.2) is 9.97 Å². The highest BCUT2D eigenvalue weighted by molar-refractivity contribution is 9.10. The van der Waals surface area contributed by atoms with Crippen LogP contribution < -0.4 is 5.73 Å². The molecule has 1 unspecified atom stereocenters. The number of fused-ring (bicyclic) bond motifs is 1. The fraction of sp³-hybridized carbons (Fsp3) is 0.188. The third kappa shape index (κ3) is 3.14. The minimum atomic E-state index is -0.310. The molecule has 0 fully saturated rings. The Morgan fingerprint density at radius 3 is 2.76 bits per heavy atom. The second-order valence-corrected chi connectivity index (χ2v) is 5.89. The van der Waals surface area contributed by atoms with E-state index >= 15 is 0 Å². The number of aromatic nitrogens is 2. The molecule has 5 heteroatoms. The van der Waals surface area contributed by atoms with E-state index in [9.17, 15) is 4.39 Å². The highest BCUT2D eigenvalue weighted by Crippen LogP contribution is 2.24. The SMILES string of the molecule is NC(CCc1ccccc1)c1nc2cc(Br)c(F)cc2[nH]1. The number of hydrogen-bond acceptors (Lipinski definition) is 2. The molecular formula is C16H15BrFN3. The molecule has 0 amide bonds. The molecule has 108 valence electrons. The van der Waals surface area contributed by atoms with E-state index in [-0.39, 0.29) is 11.9 Å². The van der Waals surface area contributed by atoms with Gasteiger partial charge in [0, 0.05) is 6.07 Å². The fourth-order valence-corrected chi connectivity index (χ4v) is 2.64. The molecule has 0 aliphatic heterocycles. The first-order valence-electron chi connectivity index (χ1n) is 6.77. The lowest BCUT2D eigenvalue weighted by Gasteiger charge is -2.08. The summed E-state index contributed by atoms with van der Waals surface area (Å²) < 4.78 is 13.9. The van der Waals surface area contributed by atoms with E-state index in [1.807, 2.05) is 18.2 Å². The number of hydrogen-bond donors (Lipinski definition) is 2. The maximum atomic E-state index is 13.5. The van der Waals surface area contributed by atoms with Gasteiger partial charge in [0.1, 0.15) is 11.6 Å². The number of imidazole rings is 1. The summed E-state index contributed by atoms with van der Waals surface area (Å²) in [5.41, 5.74) is 8.82. The van der Waals surface area contributed by atoms with Gasteiger partial charge in [-0.1, -0.05) is 30.3 Å². The predicted octanol–water partition coefficient (Wildman–Crippen LogP) is 4.10. The zero-order chi connectivity index (χ0) is 14.8. The second kappa shape index (κ2) is 5.95. The van der Waals surface area contributed by atoms with Crippen molar-refractivity contribution in [2.75, 3.05) is 0 Å². The summed E-state index contributed by atoms with van der Waals surface area (Å²) in [6.45, 7) is 0. The van der Waals surface area contributed by atoms with Crippen LogP contribution in [0.25, 0.3) is 11.0 Å². The average molecular weight is 348 g/mol. The number of benzene rings is 2. The Morgan fingerprint density at radius 1 is 1.24 bits per heavy atom. The Labute approximate surface area is 130 Å². The molecule has 2 aromatic carbocycles. The minimum Gasteiger partial charge on any atom is -0.341 e. The molecule has 1 aromatic heterocycles. The van der Waals surface area contributed by atoms with Crippen LogP contribution in [0.4, 0.5) is 4.39 Å². The first kappa shape index (κ1) is 14.2. The van der Waals surface area contributed by atoms with Crippen LogP contribution in [0.3, 0.4) is 0 Å². The van der Waals surface area contributed by atoms with Crippen molar-refractivity contribution >= 4 is 27.0 Å². The normalized spacial score (nSPS) is 12.7. The lowest BCUT2D eigenvalue weighted by molar-refractivity contribution is 0.620. The summed E-state index contributed by atoms with van der Waals surface area (Å²) in [5, 5.41) is 0. The summed E-state index contributed by atoms with van der Waals surface area (Å²) in [7, 11) is 0. The van der Waals surface area contributed by atoms with Crippen molar-refractivity contribution < 1.29 is 4.39 Å². The molecule has 0 aliphatic rings. The Kier molecular flexibility index (Phi) is 4.03. The van der Waals surface area contributed by atoms with Gasteiger partial charge < -0.3 is 10.7 Å². The van der Waals surface area contributed by atoms with E-state index in [0.717, 1.165) is 12.8 Å². The number of nitrogens with zero attached hydrogens (tertiary/aromatic N) is 1. The number of nitrogens with two attached hydrogens (primary N) is 1. The van der Waals surface area contributed by atoms with Crippen LogP contribution in [0.1, 0.15) is 23.9 Å². The topological polar surface area (TPSA) is 54.7 Å². The zero-order valence-electron chi connectivity index (χ0n) is 11.3. The molecule has 3 rings (SSSR count). The molecule has 0 saturated heterocycles. The molecule has 0 radical (unpaired) electrons. The molecule has 3 aromatic rings. The largest absolute Gasteiger partial charge is 0.341 e. The minimum absolute atomic E-state index is 0.195. The van der Waals surface area contributed by atoms with Gasteiger partial charge in [0.25, 0.3) is 0 Å². The van der Waals surface area contributed by atoms with Crippen LogP contribution in [0.2, 0.25) is 0 Å². The lowest BCUT2D eigenvalue weighted by atomic mass is 10.1. The second-order valence-electron chi connectivity index (χ2n) is 5.04. The van der Waals surface area contributed by atoms with Crippen molar-refractivity contribution in [1.82, 2.24) is 9.97 Å². The van der Waals surface area contributed by atoms with Crippen molar-refractivity contribution in [2.45, 2.75) is 18.9 Å². The summed E-state index contributed by atoms with van der Waals surface area (Å²) in [6.07, 6.45) is 1.67. The number of aryl methyl sites for hydroxylation is 1. The molecule has 3 nitrogen and oxygen atoms in total. The Morgan fingerprint density at radius 2 is 2.00 bits per heavy atom. The maximum absolute atomic E-state index is 13.5. The summed E-state index contributed by atoms with van der Waals surface area (Å²) in [5.74, 6) is 0.383. The van der Waals surface area contributed by atoms with Crippen molar-refractivity contribution in [3.63, 3.8) is 0 Å². The third-order valence-corrected chi connectivity index (χ3v) is 4.09. The summed E-state index contributed by atoms with van der Waals surface area (Å²) in [4.78, 5) is 7.55. The summed E-state index contributed by atoms with van der Waals surface area (Å²) >= 11 is 3.16. The van der Waals surface area contributed by atoms with Crippen LogP contribution in [-0.2, 0) is 6.42 Å². The van der Waals surface area contributed by atoms with Crippen molar-refractivity contribution in [3.05, 3.63) is 64.1 Å². The first-order valence-corrected chi connectivity index (χ1v) is 7.57. The van der Waals surface area contributed by atoms with Gasteiger partial charge >= 0.3 is 0 Å². The molecule has 0 saturated carbocycles. The first-order chi connectivity index (χ1) is 10.1. The van der Waals surface area contributed by atoms with Gasteiger partial charge in [-0.15, -0.1) is 0 Å². The van der Waals surface area contributed by atoms with Crippen LogP contribution in [0.5, 0.6) is 0 Å². The van der Waals surface area contributed by atoms with Gasteiger partial charge in [-0.3, -0.25) is 0 Å². The fourth-order valence-electron chi connectivity index (χ4n) is 2.30. The van der Waals surface area contributed by atoms with E-state index in [2.05, 4.69) is 38.0 Å². The van der Waals surface area contributed by atoms with Crippen molar-refractivity contribution in [3.8, 4) is 0 Å². The maximum Gasteiger partial charge on any atom is 0.139 e. The predicted molar refractivity (Wildman–Crippen MR) is 85.4 cm³/mol. The van der Waals surface area contributed by atoms with Crippen LogP contribution in [0, 0.1) is 5.82 Å². The monoisotopic (exact) mass is 347 g/mol. The van der Waals surface area contributed by atoms with Crippen LogP contribution in [0.15, 0.2) is 46.9 Å². The molecular weight excluding hydrogens is 333 g/mol. The Bertz CT molecular complexity index is 716. The van der Waals surface area contributed by atoms with E-state index in [4.69, 9.17) is 5.73 Å². The molecule has 0 bridgehead atoms. The highest BCUT2D eigenvalue weighted by atomic mass is 79.9. The van der Waals surface area contributed by atoms with Crippen molar-refractivity contribution in [2.24, 2.45) is 5.73 Å². The van der Waals surface area contributed by atoms with E-state index in [1.165, 1.54) is 11.6 Å². The summed E-state index contributed by atoms with van der Waals surface area (Å²) in [6, 6.07) is 13.1. The number of aromatic amines is 1. The zero-order valence-corrected chi connectivity index (χ0v) is 12.9. The van der Waals surface area contributed by atoms with E-state index in [0.29, 0.717) is 21.3 Å². The molecule has 1 atom stereocenters. The number of halogens is 2. The van der Waals surface area contributed by atoms with Gasteiger partial charge in [0.15, 0.2) is 0 Å². The average Bonchev–Trinajstić information content (AvgIpc) is 2.89. The van der Waals surface area contributed by atoms with Gasteiger partial charge in [0.05, 0.1) is 21.5 Å². The third-order valence-electron chi connectivity index (χ3n) is 3.48. The van der Waals surface area contributed by atoms with Crippen LogP contribution >= 0.6 is 15.9 Å². The molecule has 3 N–H and O–H groups in total. The van der Waals surface area contributed by atoms with Crippen molar-refractivity contribution in [1.29, 1.82) is 0 Å². The lowest BCUT2D eigenvalue weighted by Crippen LogP contribution is -2.13. The molecule has 1 heterocycles. The standard InChI is InChI=1S/C16H15BrFN3/c17-11-8-14-15(9-12(11)18)21-16(20-14)13(19)7-6-10-4-2-1-3-5-10/h1-5,8-9,13H,6-7,19H2,(H,20,21). The quantitative estimate of drug-likeness (QED) is 0.746. The van der Waals surface area contributed by atoms with Gasteiger partial charge in [-0.25, -0.2) is 9.37 Å². The Balaban J connectivity index is 1.77. The molecule has 0 spiro atoms. The number of nitrogens with one attached hydrogen (secondary N) is 1. The molecule has 0 aliphatic carbocycles. The highest BCUT2D eigenvalue weighted by Gasteiger charge is 2.13. The Hall–Kier alpha value is -1.72. The van der Waals surface area contributed by atoms with E-state index in [1.54, 1.807) is 6.07 Å². The molecule has 21 heavy (non-hydrogen) atoms. The van der Waals surface area contributed by atoms with Gasteiger partial charge in [-0.2, -0.15) is 0 Å².